The smallest absolute Gasteiger partial charge is 0.230 e. The molecule has 28 heavy (non-hydrogen) atoms. The van der Waals surface area contributed by atoms with E-state index in [-0.39, 0.29) is 11.9 Å². The third-order valence-electron chi connectivity index (χ3n) is 5.03. The van der Waals surface area contributed by atoms with E-state index in [2.05, 4.69) is 15.3 Å². The lowest BCUT2D eigenvalue weighted by molar-refractivity contribution is -0.126. The molecule has 0 radical (unpaired) electrons. The van der Waals surface area contributed by atoms with Crippen LogP contribution in [0.2, 0.25) is 0 Å². The molecular formula is C23H25N3O2. The van der Waals surface area contributed by atoms with Crippen molar-refractivity contribution >= 4 is 5.91 Å². The number of carbonyl (C=O) groups excluding carboxylic acids is 1. The molecule has 0 aliphatic heterocycles. The number of aromatic nitrogens is 2. The van der Waals surface area contributed by atoms with Gasteiger partial charge >= 0.3 is 0 Å². The van der Waals surface area contributed by atoms with Gasteiger partial charge in [0.05, 0.1) is 18.6 Å². The Balaban J connectivity index is 1.72. The molecule has 1 N–H and O–H groups in total. The van der Waals surface area contributed by atoms with E-state index in [9.17, 15) is 4.79 Å². The Morgan fingerprint density at radius 2 is 1.57 bits per heavy atom. The van der Waals surface area contributed by atoms with E-state index in [0.29, 0.717) is 0 Å². The van der Waals surface area contributed by atoms with Crippen molar-refractivity contribution in [3.05, 3.63) is 78.4 Å². The van der Waals surface area contributed by atoms with Crippen LogP contribution in [0.4, 0.5) is 0 Å². The molecule has 0 aliphatic rings. The number of amides is 1. The van der Waals surface area contributed by atoms with Gasteiger partial charge in [-0.05, 0) is 49.6 Å². The highest BCUT2D eigenvalue weighted by atomic mass is 16.5. The van der Waals surface area contributed by atoms with Crippen molar-refractivity contribution in [2.24, 2.45) is 0 Å². The first-order valence-corrected chi connectivity index (χ1v) is 9.22. The van der Waals surface area contributed by atoms with Gasteiger partial charge in [0.1, 0.15) is 12.1 Å². The van der Waals surface area contributed by atoms with Gasteiger partial charge in [0, 0.05) is 18.0 Å². The molecule has 1 heterocycles. The average molecular weight is 375 g/mol. The fourth-order valence-electron chi connectivity index (χ4n) is 3.01. The molecule has 3 aromatic rings. The van der Waals surface area contributed by atoms with Crippen LogP contribution < -0.4 is 10.1 Å². The Morgan fingerprint density at radius 3 is 2.14 bits per heavy atom. The molecule has 144 valence electrons. The zero-order valence-corrected chi connectivity index (χ0v) is 16.6. The third-order valence-corrected chi connectivity index (χ3v) is 5.03. The quantitative estimate of drug-likeness (QED) is 0.697. The fraction of sp³-hybridized carbons (Fsp3) is 0.261. The highest BCUT2D eigenvalue weighted by Gasteiger charge is 2.30. The van der Waals surface area contributed by atoms with Gasteiger partial charge in [-0.2, -0.15) is 0 Å². The molecule has 5 heteroatoms. The summed E-state index contributed by atoms with van der Waals surface area (Å²) in [6, 6.07) is 15.6. The largest absolute Gasteiger partial charge is 0.497 e. The molecule has 0 bridgehead atoms. The van der Waals surface area contributed by atoms with Crippen LogP contribution in [-0.2, 0) is 10.2 Å². The Morgan fingerprint density at radius 1 is 0.964 bits per heavy atom. The lowest BCUT2D eigenvalue weighted by Crippen LogP contribution is -2.41. The van der Waals surface area contributed by atoms with Gasteiger partial charge in [0.15, 0.2) is 0 Å². The van der Waals surface area contributed by atoms with Gasteiger partial charge in [-0.25, -0.2) is 9.97 Å². The summed E-state index contributed by atoms with van der Waals surface area (Å²) in [5, 5.41) is 3.12. The van der Waals surface area contributed by atoms with Crippen molar-refractivity contribution in [3.63, 3.8) is 0 Å². The van der Waals surface area contributed by atoms with E-state index in [4.69, 9.17) is 4.74 Å². The zero-order chi connectivity index (χ0) is 20.1. The first-order valence-electron chi connectivity index (χ1n) is 9.22. The summed E-state index contributed by atoms with van der Waals surface area (Å²) >= 11 is 0. The van der Waals surface area contributed by atoms with Crippen LogP contribution in [0.15, 0.2) is 67.3 Å². The van der Waals surface area contributed by atoms with Gasteiger partial charge in [0.2, 0.25) is 5.91 Å². The SMILES string of the molecule is COc1ccc([C@@H](C)NC(=O)C(C)(C)c2ccc(-c3cncnc3)cc2)cc1. The monoisotopic (exact) mass is 375 g/mol. The summed E-state index contributed by atoms with van der Waals surface area (Å²) in [4.78, 5) is 21.1. The first kappa shape index (κ1) is 19.5. The average Bonchev–Trinajstić information content (AvgIpc) is 2.74. The number of benzene rings is 2. The minimum absolute atomic E-state index is 0.0217. The molecule has 1 atom stereocenters. The van der Waals surface area contributed by atoms with Gasteiger partial charge in [0.25, 0.3) is 0 Å². The van der Waals surface area contributed by atoms with Crippen molar-refractivity contribution in [1.82, 2.24) is 15.3 Å². The van der Waals surface area contributed by atoms with Crippen molar-refractivity contribution in [1.29, 1.82) is 0 Å². The number of carbonyl (C=O) groups is 1. The topological polar surface area (TPSA) is 64.1 Å². The van der Waals surface area contributed by atoms with Crippen LogP contribution in [-0.4, -0.2) is 23.0 Å². The number of rotatable bonds is 6. The Hall–Kier alpha value is -3.21. The summed E-state index contributed by atoms with van der Waals surface area (Å²) in [6.45, 7) is 5.85. The normalized spacial score (nSPS) is 12.3. The Bertz CT molecular complexity index is 920. The number of nitrogens with one attached hydrogen (secondary N) is 1. The lowest BCUT2D eigenvalue weighted by atomic mass is 9.82. The minimum atomic E-state index is -0.660. The van der Waals surface area contributed by atoms with Crippen LogP contribution in [0.1, 0.15) is 37.9 Å². The molecule has 2 aromatic carbocycles. The summed E-state index contributed by atoms with van der Waals surface area (Å²) in [6.07, 6.45) is 5.06. The predicted molar refractivity (Wildman–Crippen MR) is 110 cm³/mol. The third kappa shape index (κ3) is 4.19. The van der Waals surface area contributed by atoms with Crippen LogP contribution in [0.3, 0.4) is 0 Å². The molecule has 0 saturated carbocycles. The standard InChI is InChI=1S/C23H25N3O2/c1-16(17-7-11-21(28-4)12-8-17)26-22(27)23(2,3)20-9-5-18(6-10-20)19-13-24-15-25-14-19/h5-16H,1-4H3,(H,26,27)/t16-/m1/s1. The molecule has 0 saturated heterocycles. The number of methoxy groups -OCH3 is 1. The van der Waals surface area contributed by atoms with Crippen molar-refractivity contribution in [2.75, 3.05) is 7.11 Å². The second-order valence-corrected chi connectivity index (χ2v) is 7.30. The molecule has 0 aliphatic carbocycles. The van der Waals surface area contributed by atoms with E-state index >= 15 is 0 Å². The number of ether oxygens (including phenoxy) is 1. The number of hydrogen-bond acceptors (Lipinski definition) is 4. The van der Waals surface area contributed by atoms with Gasteiger partial charge in [-0.1, -0.05) is 36.4 Å². The molecule has 0 unspecified atom stereocenters. The van der Waals surface area contributed by atoms with E-state index in [1.54, 1.807) is 19.5 Å². The molecule has 3 rings (SSSR count). The molecule has 1 amide bonds. The highest BCUT2D eigenvalue weighted by Crippen LogP contribution is 2.28. The Kier molecular flexibility index (Phi) is 5.73. The maximum atomic E-state index is 13.0. The van der Waals surface area contributed by atoms with Crippen molar-refractivity contribution in [3.8, 4) is 16.9 Å². The first-order chi connectivity index (χ1) is 13.4. The summed E-state index contributed by atoms with van der Waals surface area (Å²) in [5.74, 6) is 0.776. The van der Waals surface area contributed by atoms with Crippen molar-refractivity contribution < 1.29 is 9.53 Å². The molecule has 0 fully saturated rings. The minimum Gasteiger partial charge on any atom is -0.497 e. The van der Waals surface area contributed by atoms with E-state index in [1.165, 1.54) is 6.33 Å². The van der Waals surface area contributed by atoms with E-state index < -0.39 is 5.41 Å². The summed E-state index contributed by atoms with van der Waals surface area (Å²) < 4.78 is 5.19. The summed E-state index contributed by atoms with van der Waals surface area (Å²) in [7, 11) is 1.64. The molecule has 5 nitrogen and oxygen atoms in total. The second-order valence-electron chi connectivity index (χ2n) is 7.30. The van der Waals surface area contributed by atoms with Gasteiger partial charge < -0.3 is 10.1 Å². The summed E-state index contributed by atoms with van der Waals surface area (Å²) in [5.41, 5.74) is 3.29. The highest BCUT2D eigenvalue weighted by molar-refractivity contribution is 5.87. The van der Waals surface area contributed by atoms with Gasteiger partial charge in [-0.3, -0.25) is 4.79 Å². The fourth-order valence-corrected chi connectivity index (χ4v) is 3.01. The second kappa shape index (κ2) is 8.21. The van der Waals surface area contributed by atoms with Crippen LogP contribution in [0.25, 0.3) is 11.1 Å². The lowest BCUT2D eigenvalue weighted by Gasteiger charge is -2.27. The number of nitrogens with zero attached hydrogens (tertiary/aromatic N) is 2. The van der Waals surface area contributed by atoms with Crippen molar-refractivity contribution in [2.45, 2.75) is 32.2 Å². The van der Waals surface area contributed by atoms with Crippen LogP contribution >= 0.6 is 0 Å². The van der Waals surface area contributed by atoms with E-state index in [0.717, 1.165) is 28.0 Å². The van der Waals surface area contributed by atoms with Crippen LogP contribution in [0.5, 0.6) is 5.75 Å². The Labute approximate surface area is 165 Å². The number of hydrogen-bond donors (Lipinski definition) is 1. The maximum absolute atomic E-state index is 13.0. The molecule has 1 aromatic heterocycles. The molecular weight excluding hydrogens is 350 g/mol. The predicted octanol–water partition coefficient (Wildman–Crippen LogP) is 4.31. The van der Waals surface area contributed by atoms with Crippen LogP contribution in [0, 0.1) is 0 Å². The maximum Gasteiger partial charge on any atom is 0.230 e. The van der Waals surface area contributed by atoms with E-state index in [1.807, 2.05) is 69.3 Å². The zero-order valence-electron chi connectivity index (χ0n) is 16.6. The van der Waals surface area contributed by atoms with Gasteiger partial charge in [-0.15, -0.1) is 0 Å². The molecule has 0 spiro atoms.